The van der Waals surface area contributed by atoms with Gasteiger partial charge in [-0.3, -0.25) is 4.90 Å². The van der Waals surface area contributed by atoms with Gasteiger partial charge in [0.05, 0.1) is 19.8 Å². The molecule has 110 valence electrons. The summed E-state index contributed by atoms with van der Waals surface area (Å²) in [6, 6.07) is 11.4. The third kappa shape index (κ3) is 3.84. The van der Waals surface area contributed by atoms with Crippen molar-refractivity contribution in [1.82, 2.24) is 4.90 Å². The molecule has 0 aromatic heterocycles. The third-order valence-corrected chi connectivity index (χ3v) is 7.78. The summed E-state index contributed by atoms with van der Waals surface area (Å²) >= 11 is 1.85. The summed E-state index contributed by atoms with van der Waals surface area (Å²) in [7, 11) is -2.43. The zero-order valence-corrected chi connectivity index (χ0v) is 13.4. The minimum Gasteiger partial charge on any atom is -0.372 e. The molecule has 1 aromatic carbocycles. The molecule has 3 fully saturated rings. The van der Waals surface area contributed by atoms with Crippen LogP contribution in [-0.4, -0.2) is 58.9 Å². The minimum absolute atomic E-state index is 0.738. The molecular weight excluding hydrogens is 290 g/mol. The van der Waals surface area contributed by atoms with Crippen molar-refractivity contribution in [3.8, 4) is 0 Å². The second-order valence-electron chi connectivity index (χ2n) is 4.98. The van der Waals surface area contributed by atoms with Crippen LogP contribution < -0.4 is 0 Å². The van der Waals surface area contributed by atoms with Gasteiger partial charge in [-0.15, -0.1) is 11.8 Å². The minimum atomic E-state index is -2.43. The number of nitrogens with zero attached hydrogens (tertiary/aromatic N) is 1. The van der Waals surface area contributed by atoms with E-state index in [4.69, 9.17) is 13.3 Å². The van der Waals surface area contributed by atoms with Crippen molar-refractivity contribution < 1.29 is 13.3 Å². The van der Waals surface area contributed by atoms with E-state index in [0.29, 0.717) is 0 Å². The molecule has 3 aliphatic rings. The lowest BCUT2D eigenvalue weighted by atomic mass is 10.4. The molecule has 0 spiro atoms. The van der Waals surface area contributed by atoms with Crippen LogP contribution in [0.4, 0.5) is 0 Å². The Bertz CT molecular complexity index is 394. The molecule has 4 rings (SSSR count). The molecule has 6 heteroatoms. The molecule has 3 saturated heterocycles. The Kier molecular flexibility index (Phi) is 5.14. The van der Waals surface area contributed by atoms with E-state index in [1.165, 1.54) is 4.90 Å². The van der Waals surface area contributed by atoms with Gasteiger partial charge in [0.1, 0.15) is 0 Å². The van der Waals surface area contributed by atoms with Gasteiger partial charge in [0.15, 0.2) is 0 Å². The van der Waals surface area contributed by atoms with Gasteiger partial charge in [-0.2, -0.15) is 0 Å². The smallest absolute Gasteiger partial charge is 0.372 e. The summed E-state index contributed by atoms with van der Waals surface area (Å²) in [5.74, 6) is 0.986. The van der Waals surface area contributed by atoms with Crippen molar-refractivity contribution in [2.75, 3.05) is 45.2 Å². The van der Waals surface area contributed by atoms with Gasteiger partial charge >= 0.3 is 8.80 Å². The van der Waals surface area contributed by atoms with Crippen LogP contribution in [-0.2, 0) is 13.3 Å². The van der Waals surface area contributed by atoms with Crippen LogP contribution in [0.5, 0.6) is 0 Å². The summed E-state index contributed by atoms with van der Waals surface area (Å²) in [4.78, 5) is 3.64. The highest BCUT2D eigenvalue weighted by Crippen LogP contribution is 2.25. The first-order valence-corrected chi connectivity index (χ1v) is 10.1. The Morgan fingerprint density at radius 3 is 2.15 bits per heavy atom. The van der Waals surface area contributed by atoms with E-state index < -0.39 is 8.80 Å². The number of hydrogen-bond acceptors (Lipinski definition) is 5. The predicted molar refractivity (Wildman–Crippen MR) is 82.0 cm³/mol. The van der Waals surface area contributed by atoms with Crippen molar-refractivity contribution in [1.29, 1.82) is 0 Å². The first kappa shape index (κ1) is 14.6. The first-order chi connectivity index (χ1) is 9.86. The number of hydrogen-bond donors (Lipinski definition) is 0. The van der Waals surface area contributed by atoms with Gasteiger partial charge < -0.3 is 13.3 Å². The lowest BCUT2D eigenvalue weighted by molar-refractivity contribution is -0.00730. The highest BCUT2D eigenvalue weighted by atomic mass is 32.2. The van der Waals surface area contributed by atoms with Crippen LogP contribution >= 0.6 is 11.8 Å². The molecule has 0 saturated carbocycles. The van der Waals surface area contributed by atoms with E-state index >= 15 is 0 Å². The Hall–Kier alpha value is -0.373. The lowest BCUT2D eigenvalue weighted by Gasteiger charge is -2.38. The molecular formula is C14H21NO3SSi. The Morgan fingerprint density at radius 2 is 1.55 bits per heavy atom. The average Bonchev–Trinajstić information content (AvgIpc) is 2.40. The maximum absolute atomic E-state index is 6.02. The van der Waals surface area contributed by atoms with E-state index in [0.717, 1.165) is 51.3 Å². The number of rotatable bonds is 4. The molecule has 4 nitrogen and oxygen atoms in total. The molecule has 0 amide bonds. The normalized spacial score (nSPS) is 30.5. The topological polar surface area (TPSA) is 30.9 Å². The molecule has 0 radical (unpaired) electrons. The molecule has 3 heterocycles. The van der Waals surface area contributed by atoms with Crippen molar-refractivity contribution in [3.63, 3.8) is 0 Å². The average molecular weight is 311 g/mol. The summed E-state index contributed by atoms with van der Waals surface area (Å²) in [5.41, 5.74) is 0. The van der Waals surface area contributed by atoms with Crippen LogP contribution in [0.1, 0.15) is 0 Å². The van der Waals surface area contributed by atoms with Crippen LogP contribution in [0.25, 0.3) is 0 Å². The van der Waals surface area contributed by atoms with Crippen molar-refractivity contribution in [2.24, 2.45) is 0 Å². The van der Waals surface area contributed by atoms with Gasteiger partial charge in [0, 0.05) is 36.3 Å². The predicted octanol–water partition coefficient (Wildman–Crippen LogP) is 2.10. The van der Waals surface area contributed by atoms with Crippen LogP contribution in [0.3, 0.4) is 0 Å². The molecule has 0 unspecified atom stereocenters. The molecule has 1 aromatic rings. The van der Waals surface area contributed by atoms with Crippen molar-refractivity contribution in [2.45, 2.75) is 10.9 Å². The largest absolute Gasteiger partial charge is 0.501 e. The van der Waals surface area contributed by atoms with E-state index in [-0.39, 0.29) is 0 Å². The van der Waals surface area contributed by atoms with Gasteiger partial charge in [0.25, 0.3) is 0 Å². The zero-order valence-electron chi connectivity index (χ0n) is 11.6. The van der Waals surface area contributed by atoms with E-state index in [1.54, 1.807) is 0 Å². The molecule has 3 aliphatic heterocycles. The third-order valence-electron chi connectivity index (χ3n) is 3.61. The molecule has 0 aliphatic carbocycles. The number of fused-ring (bicyclic) bond motifs is 6. The lowest BCUT2D eigenvalue weighted by Crippen LogP contribution is -2.55. The van der Waals surface area contributed by atoms with Gasteiger partial charge in [-0.25, -0.2) is 0 Å². The van der Waals surface area contributed by atoms with E-state index in [2.05, 4.69) is 29.2 Å². The zero-order chi connectivity index (χ0) is 13.7. The van der Waals surface area contributed by atoms with E-state index in [9.17, 15) is 0 Å². The SMILES string of the molecule is c1ccc(SCC[Si]23OCCN(CCO2)CCO3)cc1. The summed E-state index contributed by atoms with van der Waals surface area (Å²) in [6.07, 6.45) is 0. The van der Waals surface area contributed by atoms with Crippen LogP contribution in [0.2, 0.25) is 6.04 Å². The maximum Gasteiger partial charge on any atom is 0.501 e. The summed E-state index contributed by atoms with van der Waals surface area (Å²) in [5, 5.41) is 0. The summed E-state index contributed by atoms with van der Waals surface area (Å²) < 4.78 is 18.1. The number of thioether (sulfide) groups is 1. The second kappa shape index (κ2) is 7.06. The quantitative estimate of drug-likeness (QED) is 0.628. The highest BCUT2D eigenvalue weighted by Gasteiger charge is 2.43. The maximum atomic E-state index is 6.02. The fourth-order valence-electron chi connectivity index (χ4n) is 2.48. The highest BCUT2D eigenvalue weighted by molar-refractivity contribution is 7.99. The fraction of sp³-hybridized carbons (Fsp3) is 0.571. The van der Waals surface area contributed by atoms with Crippen LogP contribution in [0.15, 0.2) is 35.2 Å². The number of benzene rings is 1. The fourth-order valence-corrected chi connectivity index (χ4v) is 6.36. The Morgan fingerprint density at radius 1 is 0.950 bits per heavy atom. The first-order valence-electron chi connectivity index (χ1n) is 7.18. The monoisotopic (exact) mass is 311 g/mol. The van der Waals surface area contributed by atoms with Gasteiger partial charge in [0.2, 0.25) is 0 Å². The Labute approximate surface area is 125 Å². The summed E-state index contributed by atoms with van der Waals surface area (Å²) in [6.45, 7) is 5.24. The van der Waals surface area contributed by atoms with Gasteiger partial charge in [-0.1, -0.05) is 18.2 Å². The van der Waals surface area contributed by atoms with Gasteiger partial charge in [-0.05, 0) is 12.1 Å². The molecule has 0 N–H and O–H groups in total. The molecule has 20 heavy (non-hydrogen) atoms. The Balaban J connectivity index is 1.56. The van der Waals surface area contributed by atoms with Crippen molar-refractivity contribution in [3.05, 3.63) is 30.3 Å². The standard InChI is InChI=1S/C14H21NO3SSi/c1-2-4-14(5-3-1)19-12-13-20-16-9-6-15(7-10-17-20)8-11-18-20/h1-5H,6-13H2. The molecule has 0 atom stereocenters. The van der Waals surface area contributed by atoms with Crippen molar-refractivity contribution >= 4 is 20.6 Å². The second-order valence-corrected chi connectivity index (χ2v) is 8.88. The van der Waals surface area contributed by atoms with E-state index in [1.807, 2.05) is 17.8 Å². The molecule has 2 bridgehead atoms. The van der Waals surface area contributed by atoms with Crippen LogP contribution in [0, 0.1) is 0 Å².